The fourth-order valence-electron chi connectivity index (χ4n) is 2.47. The molecular weight excluding hydrogens is 222 g/mol. The molecule has 0 saturated heterocycles. The Balaban J connectivity index is 1.93. The van der Waals surface area contributed by atoms with E-state index in [1.807, 2.05) is 37.3 Å². The fraction of sp³-hybridized carbons (Fsp3) is 0.438. The minimum atomic E-state index is 0.0447. The Labute approximate surface area is 109 Å². The quantitative estimate of drug-likeness (QED) is 0.808. The van der Waals surface area contributed by atoms with Gasteiger partial charge in [0.1, 0.15) is 0 Å². The van der Waals surface area contributed by atoms with E-state index in [1.165, 1.54) is 19.3 Å². The Morgan fingerprint density at radius 2 is 1.83 bits per heavy atom. The Hall–Kier alpha value is -1.57. The molecule has 1 aromatic rings. The van der Waals surface area contributed by atoms with Crippen LogP contribution in [0.4, 0.5) is 0 Å². The lowest BCUT2D eigenvalue weighted by molar-refractivity contribution is -0.117. The molecule has 0 heterocycles. The average molecular weight is 243 g/mol. The van der Waals surface area contributed by atoms with Gasteiger partial charge in [0, 0.05) is 12.1 Å². The van der Waals surface area contributed by atoms with E-state index in [0.717, 1.165) is 24.0 Å². The second-order valence-corrected chi connectivity index (χ2v) is 5.04. The molecule has 1 aliphatic carbocycles. The number of amides is 1. The van der Waals surface area contributed by atoms with Crippen LogP contribution in [0.2, 0.25) is 0 Å². The topological polar surface area (TPSA) is 29.1 Å². The zero-order valence-corrected chi connectivity index (χ0v) is 11.0. The van der Waals surface area contributed by atoms with Gasteiger partial charge in [-0.15, -0.1) is 0 Å². The van der Waals surface area contributed by atoms with Gasteiger partial charge in [0.25, 0.3) is 0 Å². The van der Waals surface area contributed by atoms with E-state index in [1.54, 1.807) is 6.08 Å². The summed E-state index contributed by atoms with van der Waals surface area (Å²) in [6, 6.07) is 10.4. The smallest absolute Gasteiger partial charge is 0.244 e. The van der Waals surface area contributed by atoms with Crippen LogP contribution in [0.1, 0.15) is 44.6 Å². The second kappa shape index (κ2) is 6.39. The minimum Gasteiger partial charge on any atom is -0.350 e. The first-order valence-electron chi connectivity index (χ1n) is 6.80. The van der Waals surface area contributed by atoms with E-state index in [-0.39, 0.29) is 5.91 Å². The number of benzene rings is 1. The SMILES string of the molecule is C/C(=C\C(=O)NC1CCCCC1)c1ccccc1. The molecule has 2 heteroatoms. The lowest BCUT2D eigenvalue weighted by atomic mass is 9.95. The van der Waals surface area contributed by atoms with Crippen LogP contribution in [-0.4, -0.2) is 11.9 Å². The van der Waals surface area contributed by atoms with Crippen molar-refractivity contribution < 1.29 is 4.79 Å². The highest BCUT2D eigenvalue weighted by atomic mass is 16.1. The molecule has 1 N–H and O–H groups in total. The highest BCUT2D eigenvalue weighted by molar-refractivity contribution is 5.94. The summed E-state index contributed by atoms with van der Waals surface area (Å²) in [5.74, 6) is 0.0447. The highest BCUT2D eigenvalue weighted by Gasteiger charge is 2.14. The molecule has 0 aliphatic heterocycles. The predicted octanol–water partition coefficient (Wildman–Crippen LogP) is 3.54. The van der Waals surface area contributed by atoms with Crippen LogP contribution in [0, 0.1) is 0 Å². The number of rotatable bonds is 3. The molecule has 2 rings (SSSR count). The Bertz CT molecular complexity index is 416. The van der Waals surface area contributed by atoms with E-state index in [0.29, 0.717) is 6.04 Å². The van der Waals surface area contributed by atoms with Crippen molar-refractivity contribution >= 4 is 11.5 Å². The maximum Gasteiger partial charge on any atom is 0.244 e. The Morgan fingerprint density at radius 1 is 1.17 bits per heavy atom. The van der Waals surface area contributed by atoms with Gasteiger partial charge in [-0.1, -0.05) is 49.6 Å². The number of hydrogen-bond acceptors (Lipinski definition) is 1. The van der Waals surface area contributed by atoms with Crippen LogP contribution in [0.3, 0.4) is 0 Å². The van der Waals surface area contributed by atoms with Crippen molar-refractivity contribution in [3.63, 3.8) is 0 Å². The van der Waals surface area contributed by atoms with E-state index >= 15 is 0 Å². The number of hydrogen-bond donors (Lipinski definition) is 1. The molecule has 96 valence electrons. The summed E-state index contributed by atoms with van der Waals surface area (Å²) in [5.41, 5.74) is 2.13. The number of carbonyl (C=O) groups is 1. The molecule has 18 heavy (non-hydrogen) atoms. The molecule has 0 aromatic heterocycles. The van der Waals surface area contributed by atoms with Crippen molar-refractivity contribution in [2.75, 3.05) is 0 Å². The maximum atomic E-state index is 11.9. The molecular formula is C16H21NO. The van der Waals surface area contributed by atoms with E-state index in [9.17, 15) is 4.79 Å². The molecule has 0 atom stereocenters. The van der Waals surface area contributed by atoms with Gasteiger partial charge >= 0.3 is 0 Å². The molecule has 1 fully saturated rings. The first kappa shape index (κ1) is 12.9. The minimum absolute atomic E-state index is 0.0447. The normalized spacial score (nSPS) is 17.5. The monoisotopic (exact) mass is 243 g/mol. The number of carbonyl (C=O) groups excluding carboxylic acids is 1. The molecule has 1 aliphatic rings. The summed E-state index contributed by atoms with van der Waals surface area (Å²) >= 11 is 0. The summed E-state index contributed by atoms with van der Waals surface area (Å²) in [6.07, 6.45) is 7.77. The van der Waals surface area contributed by atoms with Crippen LogP contribution in [0.15, 0.2) is 36.4 Å². The molecule has 0 radical (unpaired) electrons. The largest absolute Gasteiger partial charge is 0.350 e. The van der Waals surface area contributed by atoms with Crippen LogP contribution in [0.25, 0.3) is 5.57 Å². The van der Waals surface area contributed by atoms with Gasteiger partial charge in [-0.05, 0) is 30.9 Å². The molecule has 0 spiro atoms. The van der Waals surface area contributed by atoms with Gasteiger partial charge in [0.2, 0.25) is 5.91 Å². The van der Waals surface area contributed by atoms with E-state index < -0.39 is 0 Å². The molecule has 0 unspecified atom stereocenters. The van der Waals surface area contributed by atoms with Gasteiger partial charge in [-0.3, -0.25) is 4.79 Å². The average Bonchev–Trinajstić information content (AvgIpc) is 2.40. The van der Waals surface area contributed by atoms with Gasteiger partial charge in [0.05, 0.1) is 0 Å². The maximum absolute atomic E-state index is 11.9. The third-order valence-electron chi connectivity index (χ3n) is 3.53. The van der Waals surface area contributed by atoms with Gasteiger partial charge in [-0.25, -0.2) is 0 Å². The van der Waals surface area contributed by atoms with Gasteiger partial charge < -0.3 is 5.32 Å². The van der Waals surface area contributed by atoms with Gasteiger partial charge in [0.15, 0.2) is 0 Å². The van der Waals surface area contributed by atoms with Crippen molar-refractivity contribution in [2.45, 2.75) is 45.1 Å². The lowest BCUT2D eigenvalue weighted by Crippen LogP contribution is -2.35. The van der Waals surface area contributed by atoms with Crippen molar-refractivity contribution in [3.05, 3.63) is 42.0 Å². The Kier molecular flexibility index (Phi) is 4.57. The van der Waals surface area contributed by atoms with E-state index in [4.69, 9.17) is 0 Å². The first-order valence-corrected chi connectivity index (χ1v) is 6.80. The standard InChI is InChI=1S/C16H21NO/c1-13(14-8-4-2-5-9-14)12-16(18)17-15-10-6-3-7-11-15/h2,4-5,8-9,12,15H,3,6-7,10-11H2,1H3,(H,17,18)/b13-12+. The molecule has 1 aromatic carbocycles. The molecule has 0 bridgehead atoms. The zero-order valence-electron chi connectivity index (χ0n) is 11.0. The fourth-order valence-corrected chi connectivity index (χ4v) is 2.47. The number of allylic oxidation sites excluding steroid dienone is 1. The second-order valence-electron chi connectivity index (χ2n) is 5.04. The number of nitrogens with one attached hydrogen (secondary N) is 1. The molecule has 1 saturated carbocycles. The van der Waals surface area contributed by atoms with Crippen molar-refractivity contribution in [2.24, 2.45) is 0 Å². The van der Waals surface area contributed by atoms with Crippen LogP contribution < -0.4 is 5.32 Å². The summed E-state index contributed by atoms with van der Waals surface area (Å²) in [5, 5.41) is 3.10. The summed E-state index contributed by atoms with van der Waals surface area (Å²) in [7, 11) is 0. The molecule has 2 nitrogen and oxygen atoms in total. The van der Waals surface area contributed by atoms with Crippen molar-refractivity contribution in [1.82, 2.24) is 5.32 Å². The van der Waals surface area contributed by atoms with Crippen molar-refractivity contribution in [1.29, 1.82) is 0 Å². The highest BCUT2D eigenvalue weighted by Crippen LogP contribution is 2.18. The van der Waals surface area contributed by atoms with Crippen LogP contribution in [0.5, 0.6) is 0 Å². The molecule has 1 amide bonds. The summed E-state index contributed by atoms with van der Waals surface area (Å²) in [4.78, 5) is 11.9. The Morgan fingerprint density at radius 3 is 2.50 bits per heavy atom. The van der Waals surface area contributed by atoms with Crippen LogP contribution in [-0.2, 0) is 4.79 Å². The van der Waals surface area contributed by atoms with Crippen molar-refractivity contribution in [3.8, 4) is 0 Å². The van der Waals surface area contributed by atoms with Crippen LogP contribution >= 0.6 is 0 Å². The van der Waals surface area contributed by atoms with E-state index in [2.05, 4.69) is 5.32 Å². The summed E-state index contributed by atoms with van der Waals surface area (Å²) in [6.45, 7) is 1.98. The third kappa shape index (κ3) is 3.73. The lowest BCUT2D eigenvalue weighted by Gasteiger charge is -2.22. The first-order chi connectivity index (χ1) is 8.75. The predicted molar refractivity (Wildman–Crippen MR) is 75.1 cm³/mol. The van der Waals surface area contributed by atoms with Gasteiger partial charge in [-0.2, -0.15) is 0 Å². The zero-order chi connectivity index (χ0) is 12.8. The third-order valence-corrected chi connectivity index (χ3v) is 3.53. The summed E-state index contributed by atoms with van der Waals surface area (Å²) < 4.78 is 0.